The van der Waals surface area contributed by atoms with Crippen molar-refractivity contribution in [3.05, 3.63) is 29.8 Å². The van der Waals surface area contributed by atoms with E-state index < -0.39 is 0 Å². The van der Waals surface area contributed by atoms with Gasteiger partial charge in [-0.2, -0.15) is 5.26 Å². The molecule has 3 unspecified atom stereocenters. The van der Waals surface area contributed by atoms with E-state index in [1.165, 1.54) is 0 Å². The molecule has 106 valence electrons. The average Bonchev–Trinajstić information content (AvgIpc) is 2.77. The number of nitriles is 1. The molecule has 1 fully saturated rings. The van der Waals surface area contributed by atoms with Crippen molar-refractivity contribution in [3.63, 3.8) is 0 Å². The van der Waals surface area contributed by atoms with Crippen LogP contribution in [0, 0.1) is 17.2 Å². The van der Waals surface area contributed by atoms with E-state index >= 15 is 0 Å². The van der Waals surface area contributed by atoms with Gasteiger partial charge in [0.15, 0.2) is 0 Å². The second-order valence-electron chi connectivity index (χ2n) is 5.74. The molecule has 1 aromatic rings. The van der Waals surface area contributed by atoms with Gasteiger partial charge in [-0.15, -0.1) is 0 Å². The van der Waals surface area contributed by atoms with Crippen molar-refractivity contribution in [1.82, 2.24) is 4.90 Å². The Bertz CT molecular complexity index is 535. The molecule has 0 aromatic heterocycles. The lowest BCUT2D eigenvalue weighted by molar-refractivity contribution is -0.121. The molecule has 0 spiro atoms. The Labute approximate surface area is 120 Å². The van der Waals surface area contributed by atoms with Crippen LogP contribution in [-0.4, -0.2) is 29.4 Å². The summed E-state index contributed by atoms with van der Waals surface area (Å²) < 4.78 is 0. The number of carbonyl (C=O) groups is 1. The Hall–Kier alpha value is -1.86. The topological polar surface area (TPSA) is 56.1 Å². The molecule has 1 saturated heterocycles. The van der Waals surface area contributed by atoms with Crippen molar-refractivity contribution < 1.29 is 4.79 Å². The first kappa shape index (κ1) is 14.5. The van der Waals surface area contributed by atoms with Gasteiger partial charge in [0.1, 0.15) is 0 Å². The number of nitrogens with zero attached hydrogens (tertiary/aromatic N) is 2. The number of likely N-dealkylation sites (tertiary alicyclic amines) is 1. The fraction of sp³-hybridized carbons (Fsp3) is 0.500. The Morgan fingerprint density at radius 3 is 2.85 bits per heavy atom. The first-order chi connectivity index (χ1) is 9.51. The SMILES string of the molecule is CC1CC(C)N(C(C)C(=O)Nc2cccc(C#N)c2)C1. The van der Waals surface area contributed by atoms with E-state index in [2.05, 4.69) is 30.1 Å². The minimum Gasteiger partial charge on any atom is -0.325 e. The molecule has 1 heterocycles. The minimum atomic E-state index is -0.152. The average molecular weight is 271 g/mol. The first-order valence-corrected chi connectivity index (χ1v) is 7.08. The molecule has 0 saturated carbocycles. The van der Waals surface area contributed by atoms with Crippen molar-refractivity contribution >= 4 is 11.6 Å². The lowest BCUT2D eigenvalue weighted by atomic mass is 10.1. The zero-order chi connectivity index (χ0) is 14.7. The van der Waals surface area contributed by atoms with Crippen LogP contribution in [0.1, 0.15) is 32.8 Å². The summed E-state index contributed by atoms with van der Waals surface area (Å²) in [6.07, 6.45) is 1.14. The molecule has 1 N–H and O–H groups in total. The van der Waals surface area contributed by atoms with Gasteiger partial charge in [0.05, 0.1) is 17.7 Å². The Kier molecular flexibility index (Phi) is 4.41. The zero-order valence-corrected chi connectivity index (χ0v) is 12.3. The van der Waals surface area contributed by atoms with Crippen molar-refractivity contribution in [2.24, 2.45) is 5.92 Å². The maximum atomic E-state index is 12.3. The molecule has 0 radical (unpaired) electrons. The molecule has 1 amide bonds. The summed E-state index contributed by atoms with van der Waals surface area (Å²) in [5.74, 6) is 0.628. The lowest BCUT2D eigenvalue weighted by Gasteiger charge is -2.27. The summed E-state index contributed by atoms with van der Waals surface area (Å²) in [6, 6.07) is 9.37. The van der Waals surface area contributed by atoms with Gasteiger partial charge in [-0.25, -0.2) is 0 Å². The number of amides is 1. The van der Waals surface area contributed by atoms with Gasteiger partial charge in [0, 0.05) is 18.3 Å². The smallest absolute Gasteiger partial charge is 0.241 e. The molecule has 4 nitrogen and oxygen atoms in total. The summed E-state index contributed by atoms with van der Waals surface area (Å²) >= 11 is 0. The summed E-state index contributed by atoms with van der Waals surface area (Å²) in [6.45, 7) is 7.30. The van der Waals surface area contributed by atoms with Crippen molar-refractivity contribution in [2.45, 2.75) is 39.3 Å². The molecule has 1 aromatic carbocycles. The number of hydrogen-bond donors (Lipinski definition) is 1. The quantitative estimate of drug-likeness (QED) is 0.919. The second-order valence-corrected chi connectivity index (χ2v) is 5.74. The monoisotopic (exact) mass is 271 g/mol. The fourth-order valence-electron chi connectivity index (χ4n) is 2.94. The molecule has 2 rings (SSSR count). The van der Waals surface area contributed by atoms with E-state index in [1.54, 1.807) is 18.2 Å². The maximum Gasteiger partial charge on any atom is 0.241 e. The molecule has 1 aliphatic heterocycles. The van der Waals surface area contributed by atoms with Gasteiger partial charge in [-0.05, 0) is 44.4 Å². The van der Waals surface area contributed by atoms with Crippen LogP contribution in [0.5, 0.6) is 0 Å². The second kappa shape index (κ2) is 6.06. The number of anilines is 1. The standard InChI is InChI=1S/C16H21N3O/c1-11-7-12(2)19(10-11)13(3)16(20)18-15-6-4-5-14(8-15)9-17/h4-6,8,11-13H,7,10H2,1-3H3,(H,18,20). The molecule has 3 atom stereocenters. The Morgan fingerprint density at radius 1 is 1.50 bits per heavy atom. The Morgan fingerprint density at radius 2 is 2.25 bits per heavy atom. The molecular formula is C16H21N3O. The van der Waals surface area contributed by atoms with Gasteiger partial charge in [-0.3, -0.25) is 9.69 Å². The van der Waals surface area contributed by atoms with Crippen LogP contribution in [0.3, 0.4) is 0 Å². The van der Waals surface area contributed by atoms with E-state index in [0.717, 1.165) is 13.0 Å². The first-order valence-electron chi connectivity index (χ1n) is 7.08. The third kappa shape index (κ3) is 3.17. The summed E-state index contributed by atoms with van der Waals surface area (Å²) in [5.41, 5.74) is 1.24. The highest BCUT2D eigenvalue weighted by molar-refractivity contribution is 5.94. The maximum absolute atomic E-state index is 12.3. The van der Waals surface area contributed by atoms with Gasteiger partial charge in [-0.1, -0.05) is 13.0 Å². The van der Waals surface area contributed by atoms with Gasteiger partial charge < -0.3 is 5.32 Å². The van der Waals surface area contributed by atoms with Crippen LogP contribution in [0.4, 0.5) is 5.69 Å². The number of carbonyl (C=O) groups excluding carboxylic acids is 1. The van der Waals surface area contributed by atoms with Crippen molar-refractivity contribution in [3.8, 4) is 6.07 Å². The van der Waals surface area contributed by atoms with Crippen LogP contribution in [0.15, 0.2) is 24.3 Å². The highest BCUT2D eigenvalue weighted by Crippen LogP contribution is 2.25. The Balaban J connectivity index is 2.02. The van der Waals surface area contributed by atoms with Crippen molar-refractivity contribution in [2.75, 3.05) is 11.9 Å². The summed E-state index contributed by atoms with van der Waals surface area (Å²) in [7, 11) is 0. The molecule has 4 heteroatoms. The predicted octanol–water partition coefficient (Wildman–Crippen LogP) is 2.62. The van der Waals surface area contributed by atoms with E-state index in [0.29, 0.717) is 23.2 Å². The van der Waals surface area contributed by atoms with Crippen LogP contribution < -0.4 is 5.32 Å². The molecule has 0 bridgehead atoms. The number of nitrogens with one attached hydrogen (secondary N) is 1. The van der Waals surface area contributed by atoms with Crippen molar-refractivity contribution in [1.29, 1.82) is 5.26 Å². The molecular weight excluding hydrogens is 250 g/mol. The van der Waals surface area contributed by atoms with Gasteiger partial charge in [0.2, 0.25) is 5.91 Å². The normalized spacial score (nSPS) is 24.1. The van der Waals surface area contributed by atoms with Crippen LogP contribution in [0.25, 0.3) is 0 Å². The number of rotatable bonds is 3. The summed E-state index contributed by atoms with van der Waals surface area (Å²) in [5, 5.41) is 11.8. The highest BCUT2D eigenvalue weighted by atomic mass is 16.2. The lowest BCUT2D eigenvalue weighted by Crippen LogP contribution is -2.43. The third-order valence-corrected chi connectivity index (χ3v) is 3.97. The van der Waals surface area contributed by atoms with E-state index in [1.807, 2.05) is 13.0 Å². The fourth-order valence-corrected chi connectivity index (χ4v) is 2.94. The zero-order valence-electron chi connectivity index (χ0n) is 12.3. The van der Waals surface area contributed by atoms with Crippen LogP contribution in [0.2, 0.25) is 0 Å². The molecule has 20 heavy (non-hydrogen) atoms. The minimum absolute atomic E-state index is 0.0129. The van der Waals surface area contributed by atoms with Gasteiger partial charge >= 0.3 is 0 Å². The van der Waals surface area contributed by atoms with Crippen LogP contribution >= 0.6 is 0 Å². The van der Waals surface area contributed by atoms with Gasteiger partial charge in [0.25, 0.3) is 0 Å². The highest BCUT2D eigenvalue weighted by Gasteiger charge is 2.32. The van der Waals surface area contributed by atoms with E-state index in [4.69, 9.17) is 5.26 Å². The number of hydrogen-bond acceptors (Lipinski definition) is 3. The largest absolute Gasteiger partial charge is 0.325 e. The van der Waals surface area contributed by atoms with Crippen LogP contribution in [-0.2, 0) is 4.79 Å². The molecule has 1 aliphatic rings. The third-order valence-electron chi connectivity index (χ3n) is 3.97. The van der Waals surface area contributed by atoms with E-state index in [-0.39, 0.29) is 11.9 Å². The van der Waals surface area contributed by atoms with E-state index in [9.17, 15) is 4.79 Å². The molecule has 0 aliphatic carbocycles. The summed E-state index contributed by atoms with van der Waals surface area (Å²) in [4.78, 5) is 14.6. The predicted molar refractivity (Wildman–Crippen MR) is 79.2 cm³/mol. The number of benzene rings is 1.